The maximum atomic E-state index is 14.2. The van der Waals surface area contributed by atoms with Crippen LogP contribution in [0.5, 0.6) is 17.2 Å². The molecule has 1 saturated heterocycles. The van der Waals surface area contributed by atoms with Gasteiger partial charge in [0.1, 0.15) is 23.9 Å². The largest absolute Gasteiger partial charge is 0.493 e. The van der Waals surface area contributed by atoms with E-state index in [1.165, 1.54) is 43.0 Å². The number of fused-ring (bicyclic) bond motifs is 1. The minimum atomic E-state index is -1.14. The highest BCUT2D eigenvalue weighted by molar-refractivity contribution is 5.89. The van der Waals surface area contributed by atoms with Crippen molar-refractivity contribution >= 4 is 22.8 Å². The average Bonchev–Trinajstić information content (AvgIpc) is 3.70. The van der Waals surface area contributed by atoms with Crippen LogP contribution in [0.1, 0.15) is 30.0 Å². The van der Waals surface area contributed by atoms with E-state index in [1.54, 1.807) is 30.3 Å². The van der Waals surface area contributed by atoms with E-state index in [0.717, 1.165) is 12.8 Å². The number of amides is 2. The summed E-state index contributed by atoms with van der Waals surface area (Å²) in [6.07, 6.45) is 1.62. The van der Waals surface area contributed by atoms with Crippen LogP contribution in [0, 0.1) is 5.82 Å². The lowest BCUT2D eigenvalue weighted by Gasteiger charge is -2.32. The molecule has 2 atom stereocenters. The summed E-state index contributed by atoms with van der Waals surface area (Å²) in [7, 11) is 4.44. The number of ether oxygens (including phenoxy) is 4. The van der Waals surface area contributed by atoms with Gasteiger partial charge in [0.05, 0.1) is 33.0 Å². The number of halogens is 1. The van der Waals surface area contributed by atoms with Gasteiger partial charge in [-0.1, -0.05) is 29.5 Å². The van der Waals surface area contributed by atoms with Crippen LogP contribution >= 0.6 is 0 Å². The molecule has 0 spiro atoms. The van der Waals surface area contributed by atoms with Crippen LogP contribution in [0.2, 0.25) is 0 Å². The average molecular weight is 592 g/mol. The normalized spacial score (nSPS) is 15.2. The third-order valence-electron chi connectivity index (χ3n) is 7.38. The highest BCUT2D eigenvalue weighted by Gasteiger charge is 2.34. The van der Waals surface area contributed by atoms with Crippen LogP contribution in [0.4, 0.5) is 4.39 Å². The van der Waals surface area contributed by atoms with E-state index in [-0.39, 0.29) is 25.7 Å². The smallest absolute Gasteiger partial charge is 0.247 e. The van der Waals surface area contributed by atoms with Crippen molar-refractivity contribution in [2.75, 3.05) is 34.5 Å². The summed E-state index contributed by atoms with van der Waals surface area (Å²) < 4.78 is 37.6. The summed E-state index contributed by atoms with van der Waals surface area (Å²) in [5.74, 6) is -0.255. The summed E-state index contributed by atoms with van der Waals surface area (Å²) in [4.78, 5) is 29.7. The van der Waals surface area contributed by atoms with Gasteiger partial charge in [0.15, 0.2) is 11.5 Å². The number of benzene rings is 3. The number of carbonyl (C=O) groups is 2. The summed E-state index contributed by atoms with van der Waals surface area (Å²) >= 11 is 0. The van der Waals surface area contributed by atoms with Crippen LogP contribution < -0.4 is 19.5 Å². The summed E-state index contributed by atoms with van der Waals surface area (Å²) in [6.45, 7) is 0.728. The molecule has 2 unspecified atom stereocenters. The minimum Gasteiger partial charge on any atom is -0.493 e. The fraction of sp³-hybridized carbons (Fsp3) is 0.355. The highest BCUT2D eigenvalue weighted by atomic mass is 19.1. The van der Waals surface area contributed by atoms with Crippen LogP contribution in [0.15, 0.2) is 60.7 Å². The van der Waals surface area contributed by atoms with Gasteiger partial charge in [0.2, 0.25) is 17.6 Å². The van der Waals surface area contributed by atoms with Gasteiger partial charge in [-0.3, -0.25) is 9.59 Å². The molecule has 1 N–H and O–H groups in total. The Labute approximate surface area is 248 Å². The molecule has 2 heterocycles. The van der Waals surface area contributed by atoms with Gasteiger partial charge in [0, 0.05) is 19.7 Å². The number of nitrogens with zero attached hydrogens (tertiary/aromatic N) is 4. The Hall–Kier alpha value is -4.71. The molecule has 0 aliphatic carbocycles. The first-order valence-corrected chi connectivity index (χ1v) is 13.9. The molecule has 2 amide bonds. The van der Waals surface area contributed by atoms with Crippen molar-refractivity contribution in [1.29, 1.82) is 0 Å². The molecular weight excluding hydrogens is 557 g/mol. The molecule has 1 aliphatic heterocycles. The number of aromatic nitrogens is 3. The molecule has 3 aromatic carbocycles. The lowest BCUT2D eigenvalue weighted by Crippen LogP contribution is -2.46. The van der Waals surface area contributed by atoms with Crippen LogP contribution in [0.25, 0.3) is 11.0 Å². The molecule has 0 saturated carbocycles. The maximum absolute atomic E-state index is 14.2. The molecule has 1 aliphatic rings. The number of carbonyl (C=O) groups excluding carboxylic acids is 2. The summed E-state index contributed by atoms with van der Waals surface area (Å²) in [5, 5.41) is 11.3. The zero-order valence-electron chi connectivity index (χ0n) is 24.3. The van der Waals surface area contributed by atoms with Crippen LogP contribution in [-0.2, 0) is 27.4 Å². The van der Waals surface area contributed by atoms with Crippen molar-refractivity contribution in [3.05, 3.63) is 77.6 Å². The first kappa shape index (κ1) is 29.8. The molecular formula is C31H34FN5O6. The Bertz CT molecular complexity index is 1550. The Morgan fingerprint density at radius 3 is 2.44 bits per heavy atom. The van der Waals surface area contributed by atoms with Gasteiger partial charge >= 0.3 is 0 Å². The van der Waals surface area contributed by atoms with E-state index >= 15 is 0 Å². The molecule has 226 valence electrons. The van der Waals surface area contributed by atoms with Gasteiger partial charge in [-0.25, -0.2) is 9.07 Å². The second-order valence-corrected chi connectivity index (χ2v) is 10.1. The van der Waals surface area contributed by atoms with Crippen molar-refractivity contribution in [3.63, 3.8) is 0 Å². The standard InChI is InChI=1S/C31H34FN5O6/c1-40-26-15-21(16-27(41-2)30(26)42-3)29(31(39)33-17-23-7-6-14-43-23)36(18-20-10-12-22(32)13-11-20)28(38)19-37-25-9-5-4-8-24(25)34-35-37/h4-5,8-13,15-16,23,29H,6-7,14,17-19H2,1-3H3,(H,33,39). The summed E-state index contributed by atoms with van der Waals surface area (Å²) in [6, 6.07) is 15.2. The highest BCUT2D eigenvalue weighted by Crippen LogP contribution is 2.41. The number of para-hydroxylation sites is 1. The van der Waals surface area contributed by atoms with Crippen LogP contribution in [-0.4, -0.2) is 72.3 Å². The van der Waals surface area contributed by atoms with E-state index in [2.05, 4.69) is 15.6 Å². The second kappa shape index (κ2) is 13.5. The van der Waals surface area contributed by atoms with Crippen molar-refractivity contribution < 1.29 is 32.9 Å². The Morgan fingerprint density at radius 1 is 1.07 bits per heavy atom. The molecule has 43 heavy (non-hydrogen) atoms. The van der Waals surface area contributed by atoms with Crippen molar-refractivity contribution in [3.8, 4) is 17.2 Å². The van der Waals surface area contributed by atoms with E-state index < -0.39 is 23.7 Å². The van der Waals surface area contributed by atoms with E-state index in [9.17, 15) is 14.0 Å². The zero-order valence-corrected chi connectivity index (χ0v) is 24.3. The predicted molar refractivity (Wildman–Crippen MR) is 155 cm³/mol. The predicted octanol–water partition coefficient (Wildman–Crippen LogP) is 3.66. The van der Waals surface area contributed by atoms with Gasteiger partial charge in [-0.2, -0.15) is 0 Å². The molecule has 0 radical (unpaired) electrons. The van der Waals surface area contributed by atoms with E-state index in [1.807, 2.05) is 18.2 Å². The third kappa shape index (κ3) is 6.69. The first-order chi connectivity index (χ1) is 20.9. The number of hydrogen-bond donors (Lipinski definition) is 1. The molecule has 0 bridgehead atoms. The first-order valence-electron chi connectivity index (χ1n) is 13.9. The zero-order chi connectivity index (χ0) is 30.3. The van der Waals surface area contributed by atoms with E-state index in [4.69, 9.17) is 18.9 Å². The molecule has 4 aromatic rings. The van der Waals surface area contributed by atoms with Crippen molar-refractivity contribution in [2.24, 2.45) is 0 Å². The Morgan fingerprint density at radius 2 is 1.79 bits per heavy atom. The van der Waals surface area contributed by atoms with E-state index in [0.29, 0.717) is 46.0 Å². The second-order valence-electron chi connectivity index (χ2n) is 10.1. The molecule has 1 aromatic heterocycles. The van der Waals surface area contributed by atoms with Crippen molar-refractivity contribution in [1.82, 2.24) is 25.2 Å². The monoisotopic (exact) mass is 591 g/mol. The number of nitrogens with one attached hydrogen (secondary N) is 1. The quantitative estimate of drug-likeness (QED) is 0.265. The SMILES string of the molecule is COc1cc(C(C(=O)NCC2CCCO2)N(Cc2ccc(F)cc2)C(=O)Cn2nnc3ccccc32)cc(OC)c1OC. The molecule has 5 rings (SSSR count). The third-order valence-corrected chi connectivity index (χ3v) is 7.38. The lowest BCUT2D eigenvalue weighted by molar-refractivity contribution is -0.142. The summed E-state index contributed by atoms with van der Waals surface area (Å²) in [5.41, 5.74) is 2.36. The van der Waals surface area contributed by atoms with Gasteiger partial charge in [-0.15, -0.1) is 5.10 Å². The number of rotatable bonds is 12. The Kier molecular flexibility index (Phi) is 9.35. The molecule has 12 heteroatoms. The fourth-order valence-corrected chi connectivity index (χ4v) is 5.21. The van der Waals surface area contributed by atoms with Crippen molar-refractivity contribution in [2.45, 2.75) is 38.1 Å². The number of methoxy groups -OCH3 is 3. The minimum absolute atomic E-state index is 0.000415. The number of hydrogen-bond acceptors (Lipinski definition) is 8. The molecule has 11 nitrogen and oxygen atoms in total. The Balaban J connectivity index is 1.58. The van der Waals surface area contributed by atoms with Gasteiger partial charge < -0.3 is 29.2 Å². The molecule has 1 fully saturated rings. The lowest BCUT2D eigenvalue weighted by atomic mass is 10.0. The topological polar surface area (TPSA) is 117 Å². The maximum Gasteiger partial charge on any atom is 0.247 e. The fourth-order valence-electron chi connectivity index (χ4n) is 5.21. The van der Waals surface area contributed by atoms with Crippen LogP contribution in [0.3, 0.4) is 0 Å². The van der Waals surface area contributed by atoms with Gasteiger partial charge in [0.25, 0.3) is 0 Å². The van der Waals surface area contributed by atoms with Gasteiger partial charge in [-0.05, 0) is 60.4 Å².